The molecule has 21 heavy (non-hydrogen) atoms. The fourth-order valence-electron chi connectivity index (χ4n) is 2.74. The monoisotopic (exact) mass is 303 g/mol. The van der Waals surface area contributed by atoms with Gasteiger partial charge in [0.2, 0.25) is 0 Å². The van der Waals surface area contributed by atoms with Gasteiger partial charge in [-0.2, -0.15) is 8.78 Å². The summed E-state index contributed by atoms with van der Waals surface area (Å²) in [5, 5.41) is 0. The van der Waals surface area contributed by atoms with E-state index in [4.69, 9.17) is 10.5 Å². The molecule has 1 aliphatic rings. The van der Waals surface area contributed by atoms with Crippen LogP contribution in [0.5, 0.6) is 11.5 Å². The number of hydrogen-bond acceptors (Lipinski definition) is 3. The predicted molar refractivity (Wildman–Crippen MR) is 74.1 cm³/mol. The molecule has 1 aliphatic carbocycles. The average Bonchev–Trinajstić information content (AvgIpc) is 2.44. The zero-order valence-corrected chi connectivity index (χ0v) is 12.0. The highest BCUT2D eigenvalue weighted by atomic mass is 19.3. The molecular formula is C15H20F3NO2. The van der Waals surface area contributed by atoms with Crippen molar-refractivity contribution in [2.24, 2.45) is 5.92 Å². The second kappa shape index (κ2) is 6.91. The van der Waals surface area contributed by atoms with Crippen LogP contribution in [0, 0.1) is 11.7 Å². The van der Waals surface area contributed by atoms with Gasteiger partial charge < -0.3 is 15.2 Å². The number of alkyl halides is 2. The van der Waals surface area contributed by atoms with E-state index in [0.29, 0.717) is 5.92 Å². The van der Waals surface area contributed by atoms with Crippen LogP contribution in [-0.4, -0.2) is 12.7 Å². The van der Waals surface area contributed by atoms with Crippen molar-refractivity contribution in [3.63, 3.8) is 0 Å². The van der Waals surface area contributed by atoms with Gasteiger partial charge in [-0.05, 0) is 25.2 Å². The topological polar surface area (TPSA) is 44.5 Å². The first-order valence-corrected chi connectivity index (χ1v) is 7.20. The van der Waals surface area contributed by atoms with Gasteiger partial charge in [0.05, 0.1) is 11.8 Å². The molecule has 0 spiro atoms. The summed E-state index contributed by atoms with van der Waals surface area (Å²) in [7, 11) is 0. The molecule has 3 nitrogen and oxygen atoms in total. The third kappa shape index (κ3) is 4.19. The second-order valence-electron chi connectivity index (χ2n) is 5.38. The van der Waals surface area contributed by atoms with Gasteiger partial charge >= 0.3 is 6.61 Å². The van der Waals surface area contributed by atoms with E-state index in [1.807, 2.05) is 0 Å². The Labute approximate surface area is 122 Å². The average molecular weight is 303 g/mol. The van der Waals surface area contributed by atoms with Crippen LogP contribution in [0.2, 0.25) is 0 Å². The summed E-state index contributed by atoms with van der Waals surface area (Å²) < 4.78 is 47.9. The Morgan fingerprint density at radius 3 is 2.71 bits per heavy atom. The first kappa shape index (κ1) is 15.8. The first-order chi connectivity index (χ1) is 9.99. The molecular weight excluding hydrogens is 283 g/mol. The number of rotatable bonds is 5. The van der Waals surface area contributed by atoms with Crippen LogP contribution in [0.25, 0.3) is 0 Å². The highest BCUT2D eigenvalue weighted by molar-refractivity contribution is 5.56. The molecule has 118 valence electrons. The first-order valence-electron chi connectivity index (χ1n) is 7.20. The van der Waals surface area contributed by atoms with Gasteiger partial charge in [0.15, 0.2) is 11.6 Å². The lowest BCUT2D eigenvalue weighted by Gasteiger charge is -2.29. The van der Waals surface area contributed by atoms with Crippen LogP contribution in [0.1, 0.15) is 39.0 Å². The van der Waals surface area contributed by atoms with E-state index in [0.717, 1.165) is 37.8 Å². The Morgan fingerprint density at radius 1 is 1.29 bits per heavy atom. The number of anilines is 1. The van der Waals surface area contributed by atoms with E-state index in [1.165, 1.54) is 6.42 Å². The molecule has 0 amide bonds. The zero-order valence-electron chi connectivity index (χ0n) is 12.0. The number of nitrogen functional groups attached to an aromatic ring is 1. The fourth-order valence-corrected chi connectivity index (χ4v) is 2.74. The molecule has 1 fully saturated rings. The predicted octanol–water partition coefficient (Wildman–Crippen LogP) is 4.36. The number of ether oxygens (including phenoxy) is 2. The van der Waals surface area contributed by atoms with Crippen LogP contribution < -0.4 is 15.2 Å². The van der Waals surface area contributed by atoms with Crippen molar-refractivity contribution in [3.05, 3.63) is 17.9 Å². The molecule has 2 atom stereocenters. The SMILES string of the molecule is CCC1CCCC(Oc2cc(OC(F)F)c(F)cc2N)C1. The summed E-state index contributed by atoms with van der Waals surface area (Å²) in [5.74, 6) is -0.664. The smallest absolute Gasteiger partial charge is 0.387 e. The van der Waals surface area contributed by atoms with E-state index in [-0.39, 0.29) is 17.5 Å². The minimum Gasteiger partial charge on any atom is -0.488 e. The molecule has 2 rings (SSSR count). The van der Waals surface area contributed by atoms with Crippen molar-refractivity contribution in [1.82, 2.24) is 0 Å². The Balaban J connectivity index is 2.11. The normalized spacial score (nSPS) is 22.3. The molecule has 1 saturated carbocycles. The van der Waals surface area contributed by atoms with Gasteiger partial charge in [-0.15, -0.1) is 0 Å². The highest BCUT2D eigenvalue weighted by Crippen LogP contribution is 2.35. The summed E-state index contributed by atoms with van der Waals surface area (Å²) in [6.45, 7) is -0.955. The maximum atomic E-state index is 13.5. The van der Waals surface area contributed by atoms with Crippen LogP contribution in [-0.2, 0) is 0 Å². The molecule has 0 heterocycles. The van der Waals surface area contributed by atoms with Gasteiger partial charge in [-0.3, -0.25) is 0 Å². The third-order valence-electron chi connectivity index (χ3n) is 3.89. The van der Waals surface area contributed by atoms with Crippen molar-refractivity contribution < 1.29 is 22.6 Å². The van der Waals surface area contributed by atoms with Crippen LogP contribution in [0.3, 0.4) is 0 Å². The summed E-state index contributed by atoms with van der Waals surface area (Å²) in [6, 6.07) is 2.06. The molecule has 0 aliphatic heterocycles. The molecule has 0 aromatic heterocycles. The summed E-state index contributed by atoms with van der Waals surface area (Å²) >= 11 is 0. The maximum Gasteiger partial charge on any atom is 0.387 e. The molecule has 1 aromatic rings. The van der Waals surface area contributed by atoms with Gasteiger partial charge in [0, 0.05) is 12.1 Å². The molecule has 1 aromatic carbocycles. The quantitative estimate of drug-likeness (QED) is 0.822. The summed E-state index contributed by atoms with van der Waals surface area (Å²) in [4.78, 5) is 0. The van der Waals surface area contributed by atoms with E-state index < -0.39 is 18.2 Å². The molecule has 0 saturated heterocycles. The van der Waals surface area contributed by atoms with Crippen molar-refractivity contribution in [2.75, 3.05) is 5.73 Å². The lowest BCUT2D eigenvalue weighted by atomic mass is 9.85. The van der Waals surface area contributed by atoms with Crippen molar-refractivity contribution in [1.29, 1.82) is 0 Å². The van der Waals surface area contributed by atoms with E-state index in [1.54, 1.807) is 0 Å². The lowest BCUT2D eigenvalue weighted by molar-refractivity contribution is -0.0523. The maximum absolute atomic E-state index is 13.5. The minimum atomic E-state index is -3.09. The van der Waals surface area contributed by atoms with Gasteiger partial charge in [-0.1, -0.05) is 19.8 Å². The lowest BCUT2D eigenvalue weighted by Crippen LogP contribution is -2.25. The largest absolute Gasteiger partial charge is 0.488 e. The highest BCUT2D eigenvalue weighted by Gasteiger charge is 2.23. The Kier molecular flexibility index (Phi) is 5.20. The molecule has 2 unspecified atom stereocenters. The number of hydrogen-bond donors (Lipinski definition) is 1. The van der Waals surface area contributed by atoms with Gasteiger partial charge in [0.1, 0.15) is 5.75 Å². The number of halogens is 3. The molecule has 6 heteroatoms. The second-order valence-corrected chi connectivity index (χ2v) is 5.38. The molecule has 0 radical (unpaired) electrons. The summed E-state index contributed by atoms with van der Waals surface area (Å²) in [5.41, 5.74) is 5.79. The number of nitrogens with two attached hydrogens (primary N) is 1. The van der Waals surface area contributed by atoms with E-state index in [2.05, 4.69) is 11.7 Å². The van der Waals surface area contributed by atoms with Crippen molar-refractivity contribution in [2.45, 2.75) is 51.7 Å². The Bertz CT molecular complexity index is 482. The van der Waals surface area contributed by atoms with Crippen LogP contribution >= 0.6 is 0 Å². The zero-order chi connectivity index (χ0) is 15.4. The van der Waals surface area contributed by atoms with Gasteiger partial charge in [-0.25, -0.2) is 4.39 Å². The standard InChI is InChI=1S/C15H20F3NO2/c1-2-9-4-3-5-10(6-9)20-14-8-13(21-15(17)18)11(16)7-12(14)19/h7-10,15H,2-6,19H2,1H3. The summed E-state index contributed by atoms with van der Waals surface area (Å²) in [6.07, 6.45) is 5.09. The Hall–Kier alpha value is -1.59. The van der Waals surface area contributed by atoms with Crippen molar-refractivity contribution >= 4 is 5.69 Å². The fraction of sp³-hybridized carbons (Fsp3) is 0.600. The minimum absolute atomic E-state index is 0.0177. The van der Waals surface area contributed by atoms with Gasteiger partial charge in [0.25, 0.3) is 0 Å². The van der Waals surface area contributed by atoms with Crippen LogP contribution in [0.15, 0.2) is 12.1 Å². The number of benzene rings is 1. The van der Waals surface area contributed by atoms with E-state index >= 15 is 0 Å². The van der Waals surface area contributed by atoms with Crippen molar-refractivity contribution in [3.8, 4) is 11.5 Å². The Morgan fingerprint density at radius 2 is 2.05 bits per heavy atom. The molecule has 2 N–H and O–H groups in total. The van der Waals surface area contributed by atoms with E-state index in [9.17, 15) is 13.2 Å². The third-order valence-corrected chi connectivity index (χ3v) is 3.89. The molecule has 0 bridgehead atoms. The van der Waals surface area contributed by atoms with Crippen LogP contribution in [0.4, 0.5) is 18.9 Å².